The highest BCUT2D eigenvalue weighted by atomic mass is 19.1. The summed E-state index contributed by atoms with van der Waals surface area (Å²) in [6.45, 7) is 2.75. The lowest BCUT2D eigenvalue weighted by Gasteiger charge is -2.11. The van der Waals surface area contributed by atoms with Crippen LogP contribution in [0.2, 0.25) is 0 Å². The molecule has 1 fully saturated rings. The Bertz CT molecular complexity index is 654. The van der Waals surface area contributed by atoms with Crippen LogP contribution in [0, 0.1) is 6.92 Å². The Morgan fingerprint density at radius 2 is 2.43 bits per heavy atom. The fourth-order valence-electron chi connectivity index (χ4n) is 2.75. The summed E-state index contributed by atoms with van der Waals surface area (Å²) in [4.78, 5) is 16.5. The van der Waals surface area contributed by atoms with E-state index in [-0.39, 0.29) is 18.4 Å². The molecule has 0 saturated carbocycles. The summed E-state index contributed by atoms with van der Waals surface area (Å²) < 4.78 is 15.0. The molecule has 0 bridgehead atoms. The molecule has 1 saturated heterocycles. The summed E-state index contributed by atoms with van der Waals surface area (Å²) in [7, 11) is 0. The molecule has 0 aliphatic carbocycles. The average Bonchev–Trinajstić information content (AvgIpc) is 3.01. The van der Waals surface area contributed by atoms with Gasteiger partial charge in [0.2, 0.25) is 5.91 Å². The van der Waals surface area contributed by atoms with E-state index in [1.165, 1.54) is 0 Å². The second-order valence-corrected chi connectivity index (χ2v) is 5.49. The van der Waals surface area contributed by atoms with E-state index in [1.807, 2.05) is 35.7 Å². The van der Waals surface area contributed by atoms with Gasteiger partial charge in [0.25, 0.3) is 0 Å². The van der Waals surface area contributed by atoms with Crippen LogP contribution in [0.3, 0.4) is 0 Å². The van der Waals surface area contributed by atoms with Crippen LogP contribution in [0.15, 0.2) is 24.4 Å². The highest BCUT2D eigenvalue weighted by Crippen LogP contribution is 2.12. The largest absolute Gasteiger partial charge is 0.354 e. The number of halogens is 1. The SMILES string of the molecule is Cc1nc2ccccn2c1CC(=O)NC[C@@H]1C[C@H](F)CN1. The van der Waals surface area contributed by atoms with Crippen LogP contribution in [0.5, 0.6) is 0 Å². The van der Waals surface area contributed by atoms with E-state index < -0.39 is 6.17 Å². The van der Waals surface area contributed by atoms with Crippen molar-refractivity contribution in [1.29, 1.82) is 0 Å². The molecule has 2 N–H and O–H groups in total. The zero-order chi connectivity index (χ0) is 14.8. The standard InChI is InChI=1S/C15H19FN4O/c1-10-13(20-5-3-2-4-14(20)19-10)7-15(21)18-9-12-6-11(16)8-17-12/h2-5,11-12,17H,6-9H2,1H3,(H,18,21)/t11-,12-/m0/s1. The number of carbonyl (C=O) groups is 1. The fraction of sp³-hybridized carbons (Fsp3) is 0.467. The number of hydrogen-bond acceptors (Lipinski definition) is 3. The van der Waals surface area contributed by atoms with Crippen molar-refractivity contribution in [2.45, 2.75) is 32.0 Å². The third-order valence-electron chi connectivity index (χ3n) is 3.87. The minimum atomic E-state index is -0.798. The van der Waals surface area contributed by atoms with Crippen LogP contribution in [0.1, 0.15) is 17.8 Å². The van der Waals surface area contributed by atoms with Gasteiger partial charge in [0, 0.05) is 25.3 Å². The van der Waals surface area contributed by atoms with Crippen molar-refractivity contribution in [2.24, 2.45) is 0 Å². The van der Waals surface area contributed by atoms with E-state index >= 15 is 0 Å². The quantitative estimate of drug-likeness (QED) is 0.883. The number of nitrogens with zero attached hydrogens (tertiary/aromatic N) is 2. The predicted molar refractivity (Wildman–Crippen MR) is 77.9 cm³/mol. The number of aryl methyl sites for hydroxylation is 1. The van der Waals surface area contributed by atoms with Crippen molar-refractivity contribution in [1.82, 2.24) is 20.0 Å². The molecular weight excluding hydrogens is 271 g/mol. The summed E-state index contributed by atoms with van der Waals surface area (Å²) >= 11 is 0. The molecule has 0 radical (unpaired) electrons. The van der Waals surface area contributed by atoms with Gasteiger partial charge in [0.1, 0.15) is 11.8 Å². The summed E-state index contributed by atoms with van der Waals surface area (Å²) in [5.41, 5.74) is 2.60. The Labute approximate surface area is 122 Å². The number of pyridine rings is 1. The molecule has 5 nitrogen and oxygen atoms in total. The molecule has 1 aliphatic rings. The van der Waals surface area contributed by atoms with Crippen molar-refractivity contribution in [2.75, 3.05) is 13.1 Å². The molecule has 0 aromatic carbocycles. The van der Waals surface area contributed by atoms with Gasteiger partial charge in [0.05, 0.1) is 17.8 Å². The first-order chi connectivity index (χ1) is 10.1. The van der Waals surface area contributed by atoms with Crippen molar-refractivity contribution in [3.63, 3.8) is 0 Å². The maximum absolute atomic E-state index is 13.0. The molecule has 0 unspecified atom stereocenters. The Hall–Kier alpha value is -1.95. The minimum absolute atomic E-state index is 0.0345. The lowest BCUT2D eigenvalue weighted by molar-refractivity contribution is -0.120. The van der Waals surface area contributed by atoms with Gasteiger partial charge in [0.15, 0.2) is 0 Å². The van der Waals surface area contributed by atoms with E-state index in [4.69, 9.17) is 0 Å². The van der Waals surface area contributed by atoms with E-state index in [1.54, 1.807) is 0 Å². The zero-order valence-electron chi connectivity index (χ0n) is 12.0. The van der Waals surface area contributed by atoms with Crippen LogP contribution in [-0.2, 0) is 11.2 Å². The molecule has 21 heavy (non-hydrogen) atoms. The normalized spacial score (nSPS) is 21.8. The number of rotatable bonds is 4. The summed E-state index contributed by atoms with van der Waals surface area (Å²) in [6, 6.07) is 5.79. The Morgan fingerprint density at radius 3 is 3.19 bits per heavy atom. The van der Waals surface area contributed by atoms with E-state index in [9.17, 15) is 9.18 Å². The molecule has 3 heterocycles. The van der Waals surface area contributed by atoms with Crippen molar-refractivity contribution in [3.8, 4) is 0 Å². The molecule has 2 aromatic rings. The van der Waals surface area contributed by atoms with E-state index in [0.717, 1.165) is 17.0 Å². The number of nitrogens with one attached hydrogen (secondary N) is 2. The molecule has 2 atom stereocenters. The molecule has 6 heteroatoms. The third kappa shape index (κ3) is 3.05. The number of amides is 1. The van der Waals surface area contributed by atoms with Crippen LogP contribution in [0.4, 0.5) is 4.39 Å². The molecule has 2 aromatic heterocycles. The monoisotopic (exact) mass is 290 g/mol. The Morgan fingerprint density at radius 1 is 1.57 bits per heavy atom. The number of hydrogen-bond donors (Lipinski definition) is 2. The molecule has 1 aliphatic heterocycles. The van der Waals surface area contributed by atoms with Gasteiger partial charge in [-0.05, 0) is 25.5 Å². The van der Waals surface area contributed by atoms with Gasteiger partial charge in [-0.1, -0.05) is 6.07 Å². The smallest absolute Gasteiger partial charge is 0.226 e. The highest BCUT2D eigenvalue weighted by molar-refractivity contribution is 5.78. The van der Waals surface area contributed by atoms with Crippen molar-refractivity contribution in [3.05, 3.63) is 35.8 Å². The number of alkyl halides is 1. The number of fused-ring (bicyclic) bond motifs is 1. The number of aromatic nitrogens is 2. The minimum Gasteiger partial charge on any atom is -0.354 e. The Kier molecular flexibility index (Phi) is 3.88. The second kappa shape index (κ2) is 5.81. The first-order valence-electron chi connectivity index (χ1n) is 7.20. The van der Waals surface area contributed by atoms with Crippen molar-refractivity contribution >= 4 is 11.6 Å². The van der Waals surface area contributed by atoms with E-state index in [2.05, 4.69) is 15.6 Å². The van der Waals surface area contributed by atoms with Crippen molar-refractivity contribution < 1.29 is 9.18 Å². The van der Waals surface area contributed by atoms with Crippen LogP contribution in [-0.4, -0.2) is 40.6 Å². The number of imidazole rings is 1. The van der Waals surface area contributed by atoms with Gasteiger partial charge in [-0.25, -0.2) is 9.37 Å². The summed E-state index contributed by atoms with van der Waals surface area (Å²) in [6.07, 6.45) is 1.86. The lowest BCUT2D eigenvalue weighted by atomic mass is 10.2. The molecule has 112 valence electrons. The lowest BCUT2D eigenvalue weighted by Crippen LogP contribution is -2.38. The molecular formula is C15H19FN4O. The van der Waals surface area contributed by atoms with Gasteiger partial charge < -0.3 is 15.0 Å². The van der Waals surface area contributed by atoms with Gasteiger partial charge in [-0.2, -0.15) is 0 Å². The van der Waals surface area contributed by atoms with Gasteiger partial charge >= 0.3 is 0 Å². The topological polar surface area (TPSA) is 58.4 Å². The fourth-order valence-corrected chi connectivity index (χ4v) is 2.75. The highest BCUT2D eigenvalue weighted by Gasteiger charge is 2.23. The third-order valence-corrected chi connectivity index (χ3v) is 3.87. The first-order valence-corrected chi connectivity index (χ1v) is 7.20. The van der Waals surface area contributed by atoms with E-state index in [0.29, 0.717) is 19.5 Å². The number of carbonyl (C=O) groups excluding carboxylic acids is 1. The summed E-state index contributed by atoms with van der Waals surface area (Å²) in [5.74, 6) is -0.0622. The van der Waals surface area contributed by atoms with Crippen LogP contribution < -0.4 is 10.6 Å². The predicted octanol–water partition coefficient (Wildman–Crippen LogP) is 1.00. The second-order valence-electron chi connectivity index (χ2n) is 5.49. The van der Waals surface area contributed by atoms with Gasteiger partial charge in [-0.3, -0.25) is 4.79 Å². The first kappa shape index (κ1) is 14.0. The average molecular weight is 290 g/mol. The molecule has 1 amide bonds. The van der Waals surface area contributed by atoms with Crippen LogP contribution in [0.25, 0.3) is 5.65 Å². The maximum atomic E-state index is 13.0. The zero-order valence-corrected chi connectivity index (χ0v) is 12.0. The summed E-state index contributed by atoms with van der Waals surface area (Å²) in [5, 5.41) is 5.92. The molecule has 0 spiro atoms. The van der Waals surface area contributed by atoms with Crippen LogP contribution >= 0.6 is 0 Å². The molecule has 3 rings (SSSR count). The van der Waals surface area contributed by atoms with Gasteiger partial charge in [-0.15, -0.1) is 0 Å². The Balaban J connectivity index is 1.62. The maximum Gasteiger partial charge on any atom is 0.226 e.